The van der Waals surface area contributed by atoms with E-state index in [1.807, 2.05) is 24.3 Å². The number of aryl methyl sites for hydroxylation is 1. The van der Waals surface area contributed by atoms with Crippen molar-refractivity contribution >= 4 is 11.5 Å². The summed E-state index contributed by atoms with van der Waals surface area (Å²) in [7, 11) is 0. The van der Waals surface area contributed by atoms with Crippen LogP contribution in [-0.2, 0) is 6.42 Å². The standard InChI is InChI=1S/C22H24FN5/c1-2-16-15-21(27-22(26-16)20-9-5-6-12-24-20)28-13-10-17(11-14-28)25-19-8-4-3-7-18(19)23/h3-9,12,15,17,25H,2,10-11,13-14H2,1H3. The SMILES string of the molecule is CCc1cc(N2CCC(Nc3ccccc3F)CC2)nc(-c2ccccn2)n1. The second-order valence-electron chi connectivity index (χ2n) is 7.00. The fourth-order valence-corrected chi connectivity index (χ4v) is 3.49. The monoisotopic (exact) mass is 377 g/mol. The van der Waals surface area contributed by atoms with Gasteiger partial charge in [-0.1, -0.05) is 25.1 Å². The molecule has 3 aromatic rings. The van der Waals surface area contributed by atoms with Crippen molar-refractivity contribution in [1.82, 2.24) is 15.0 Å². The third-order valence-corrected chi connectivity index (χ3v) is 5.07. The van der Waals surface area contributed by atoms with Crippen LogP contribution >= 0.6 is 0 Å². The highest BCUT2D eigenvalue weighted by Gasteiger charge is 2.22. The number of piperidine rings is 1. The second-order valence-corrected chi connectivity index (χ2v) is 7.00. The molecule has 3 heterocycles. The van der Waals surface area contributed by atoms with Crippen LogP contribution in [0.1, 0.15) is 25.5 Å². The van der Waals surface area contributed by atoms with E-state index in [1.54, 1.807) is 18.3 Å². The van der Waals surface area contributed by atoms with Crippen molar-refractivity contribution in [3.8, 4) is 11.5 Å². The molecule has 1 N–H and O–H groups in total. The summed E-state index contributed by atoms with van der Waals surface area (Å²) in [6.07, 6.45) is 4.47. The predicted molar refractivity (Wildman–Crippen MR) is 110 cm³/mol. The molecular weight excluding hydrogens is 353 g/mol. The van der Waals surface area contributed by atoms with Gasteiger partial charge in [0.2, 0.25) is 0 Å². The van der Waals surface area contributed by atoms with Gasteiger partial charge in [-0.2, -0.15) is 0 Å². The Hall–Kier alpha value is -3.02. The Labute approximate surface area is 164 Å². The summed E-state index contributed by atoms with van der Waals surface area (Å²) in [4.78, 5) is 16.1. The van der Waals surface area contributed by atoms with Gasteiger partial charge >= 0.3 is 0 Å². The maximum absolute atomic E-state index is 13.9. The van der Waals surface area contributed by atoms with E-state index in [9.17, 15) is 4.39 Å². The van der Waals surface area contributed by atoms with Crippen LogP contribution in [0.4, 0.5) is 15.9 Å². The van der Waals surface area contributed by atoms with E-state index in [4.69, 9.17) is 4.98 Å². The summed E-state index contributed by atoms with van der Waals surface area (Å²) < 4.78 is 13.9. The van der Waals surface area contributed by atoms with Gasteiger partial charge in [-0.15, -0.1) is 0 Å². The summed E-state index contributed by atoms with van der Waals surface area (Å²) in [6, 6.07) is 14.9. The minimum absolute atomic E-state index is 0.201. The lowest BCUT2D eigenvalue weighted by atomic mass is 10.0. The lowest BCUT2D eigenvalue weighted by Gasteiger charge is -2.34. The highest BCUT2D eigenvalue weighted by molar-refractivity contribution is 5.54. The van der Waals surface area contributed by atoms with Gasteiger partial charge in [0.1, 0.15) is 17.3 Å². The van der Waals surface area contributed by atoms with Crippen molar-refractivity contribution in [2.45, 2.75) is 32.2 Å². The number of halogens is 1. The molecule has 6 heteroatoms. The van der Waals surface area contributed by atoms with Gasteiger partial charge in [0.25, 0.3) is 0 Å². The Bertz CT molecular complexity index is 923. The summed E-state index contributed by atoms with van der Waals surface area (Å²) >= 11 is 0. The van der Waals surface area contributed by atoms with Gasteiger partial charge in [-0.05, 0) is 43.5 Å². The Morgan fingerprint density at radius 1 is 1.07 bits per heavy atom. The molecule has 0 radical (unpaired) electrons. The van der Waals surface area contributed by atoms with Crippen LogP contribution in [0, 0.1) is 5.82 Å². The smallest absolute Gasteiger partial charge is 0.180 e. The molecule has 5 nitrogen and oxygen atoms in total. The van der Waals surface area contributed by atoms with Crippen LogP contribution < -0.4 is 10.2 Å². The summed E-state index contributed by atoms with van der Waals surface area (Å²) in [5, 5.41) is 3.34. The molecule has 0 unspecified atom stereocenters. The maximum atomic E-state index is 13.9. The number of nitrogens with zero attached hydrogens (tertiary/aromatic N) is 4. The van der Waals surface area contributed by atoms with Crippen LogP contribution in [-0.4, -0.2) is 34.1 Å². The first-order valence-corrected chi connectivity index (χ1v) is 9.78. The number of hydrogen-bond acceptors (Lipinski definition) is 5. The van der Waals surface area contributed by atoms with Crippen LogP contribution in [0.3, 0.4) is 0 Å². The Morgan fingerprint density at radius 2 is 1.86 bits per heavy atom. The van der Waals surface area contributed by atoms with Crippen molar-refractivity contribution in [1.29, 1.82) is 0 Å². The number of anilines is 2. The molecule has 1 saturated heterocycles. The van der Waals surface area contributed by atoms with E-state index >= 15 is 0 Å². The number of rotatable bonds is 5. The van der Waals surface area contributed by atoms with Crippen molar-refractivity contribution in [3.63, 3.8) is 0 Å². The van der Waals surface area contributed by atoms with Crippen LogP contribution in [0.25, 0.3) is 11.5 Å². The molecule has 0 spiro atoms. The first-order valence-electron chi connectivity index (χ1n) is 9.78. The largest absolute Gasteiger partial charge is 0.380 e. The predicted octanol–water partition coefficient (Wildman–Crippen LogP) is 4.32. The number of benzene rings is 1. The Balaban J connectivity index is 1.48. The number of nitrogens with one attached hydrogen (secondary N) is 1. The molecule has 4 rings (SSSR count). The topological polar surface area (TPSA) is 53.9 Å². The van der Waals surface area contributed by atoms with E-state index in [2.05, 4.69) is 33.2 Å². The van der Waals surface area contributed by atoms with E-state index < -0.39 is 0 Å². The first-order chi connectivity index (χ1) is 13.7. The summed E-state index contributed by atoms with van der Waals surface area (Å²) in [5.74, 6) is 1.41. The molecule has 28 heavy (non-hydrogen) atoms. The van der Waals surface area contributed by atoms with E-state index in [0.29, 0.717) is 11.5 Å². The second kappa shape index (κ2) is 8.33. The third kappa shape index (κ3) is 4.11. The number of aromatic nitrogens is 3. The zero-order valence-electron chi connectivity index (χ0n) is 16.0. The van der Waals surface area contributed by atoms with E-state index in [1.165, 1.54) is 6.07 Å². The molecule has 0 aliphatic carbocycles. The van der Waals surface area contributed by atoms with Gasteiger partial charge in [-0.3, -0.25) is 4.98 Å². The molecule has 1 aliphatic heterocycles. The summed E-state index contributed by atoms with van der Waals surface area (Å²) in [6.45, 7) is 3.83. The van der Waals surface area contributed by atoms with E-state index in [-0.39, 0.29) is 11.9 Å². The first kappa shape index (κ1) is 18.3. The van der Waals surface area contributed by atoms with Crippen LogP contribution in [0.5, 0.6) is 0 Å². The molecule has 0 atom stereocenters. The highest BCUT2D eigenvalue weighted by Crippen LogP contribution is 2.24. The fourth-order valence-electron chi connectivity index (χ4n) is 3.49. The number of pyridine rings is 1. The van der Waals surface area contributed by atoms with Gasteiger partial charge in [0.15, 0.2) is 5.82 Å². The van der Waals surface area contributed by atoms with Gasteiger partial charge in [0, 0.05) is 37.1 Å². The lowest BCUT2D eigenvalue weighted by Crippen LogP contribution is -2.39. The molecule has 1 aromatic carbocycles. The van der Waals surface area contributed by atoms with Gasteiger partial charge in [0.05, 0.1) is 5.69 Å². The number of hydrogen-bond donors (Lipinski definition) is 1. The molecule has 2 aromatic heterocycles. The molecule has 0 bridgehead atoms. The Kier molecular flexibility index (Phi) is 5.46. The fraction of sp³-hybridized carbons (Fsp3) is 0.318. The maximum Gasteiger partial charge on any atom is 0.180 e. The quantitative estimate of drug-likeness (QED) is 0.718. The molecule has 0 saturated carbocycles. The van der Waals surface area contributed by atoms with Crippen LogP contribution in [0.15, 0.2) is 54.7 Å². The lowest BCUT2D eigenvalue weighted by molar-refractivity contribution is 0.519. The average Bonchev–Trinajstić information content (AvgIpc) is 2.76. The highest BCUT2D eigenvalue weighted by atomic mass is 19.1. The average molecular weight is 377 g/mol. The zero-order valence-corrected chi connectivity index (χ0v) is 16.0. The van der Waals surface area contributed by atoms with Gasteiger partial charge in [-0.25, -0.2) is 14.4 Å². The Morgan fingerprint density at radius 3 is 2.57 bits per heavy atom. The van der Waals surface area contributed by atoms with Gasteiger partial charge < -0.3 is 10.2 Å². The van der Waals surface area contributed by atoms with Crippen molar-refractivity contribution < 1.29 is 4.39 Å². The van der Waals surface area contributed by atoms with Crippen molar-refractivity contribution in [3.05, 3.63) is 66.2 Å². The van der Waals surface area contributed by atoms with Crippen LogP contribution in [0.2, 0.25) is 0 Å². The number of para-hydroxylation sites is 1. The van der Waals surface area contributed by atoms with E-state index in [0.717, 1.165) is 49.6 Å². The van der Waals surface area contributed by atoms with Crippen molar-refractivity contribution in [2.75, 3.05) is 23.3 Å². The molecule has 1 aliphatic rings. The third-order valence-electron chi connectivity index (χ3n) is 5.07. The minimum atomic E-state index is -0.201. The minimum Gasteiger partial charge on any atom is -0.380 e. The zero-order chi connectivity index (χ0) is 19.3. The molecule has 144 valence electrons. The normalized spacial score (nSPS) is 14.9. The molecular formula is C22H24FN5. The van der Waals surface area contributed by atoms with Crippen molar-refractivity contribution in [2.24, 2.45) is 0 Å². The molecule has 0 amide bonds. The summed E-state index contributed by atoms with van der Waals surface area (Å²) in [5.41, 5.74) is 2.38. The molecule has 1 fully saturated rings.